The molecule has 0 atom stereocenters. The number of hydrogen-bond acceptors (Lipinski definition) is 3. The maximum Gasteiger partial charge on any atom is 0.244 e. The quantitative estimate of drug-likeness (QED) is 0.812. The molecule has 1 saturated heterocycles. The van der Waals surface area contributed by atoms with E-state index in [4.69, 9.17) is 0 Å². The van der Waals surface area contributed by atoms with Crippen molar-refractivity contribution in [3.8, 4) is 0 Å². The van der Waals surface area contributed by atoms with Crippen molar-refractivity contribution in [1.82, 2.24) is 9.21 Å². The smallest absolute Gasteiger partial charge is 0.244 e. The molecule has 0 unspecified atom stereocenters. The zero-order valence-corrected chi connectivity index (χ0v) is 14.5. The molecule has 7 heteroatoms. The molecule has 0 aliphatic carbocycles. The Morgan fingerprint density at radius 1 is 1.14 bits per heavy atom. The fourth-order valence-electron chi connectivity index (χ4n) is 2.31. The van der Waals surface area contributed by atoms with Gasteiger partial charge in [0.2, 0.25) is 15.9 Å². The van der Waals surface area contributed by atoms with Gasteiger partial charge in [-0.3, -0.25) is 4.79 Å². The maximum atomic E-state index is 12.6. The predicted molar refractivity (Wildman–Crippen MR) is 84.3 cm³/mol. The molecule has 1 heterocycles. The first-order valence-electron chi connectivity index (χ1n) is 6.87. The standard InChI is InChI=1S/C14H19BrN2O3S/c1-11(2)14(18)16-7-9-17(10-8-16)21(19,20)13-6-4-3-5-12(13)15/h3-6,11H,7-10H2,1-2H3. The number of nitrogens with zero attached hydrogens (tertiary/aromatic N) is 2. The lowest BCUT2D eigenvalue weighted by molar-refractivity contribution is -0.135. The molecule has 0 bridgehead atoms. The Kier molecular flexibility index (Phi) is 5.06. The van der Waals surface area contributed by atoms with Crippen LogP contribution in [0.15, 0.2) is 33.6 Å². The van der Waals surface area contributed by atoms with Gasteiger partial charge in [0.15, 0.2) is 0 Å². The van der Waals surface area contributed by atoms with Crippen molar-refractivity contribution in [2.24, 2.45) is 5.92 Å². The topological polar surface area (TPSA) is 57.7 Å². The molecule has 1 aromatic rings. The van der Waals surface area contributed by atoms with Crippen LogP contribution >= 0.6 is 15.9 Å². The summed E-state index contributed by atoms with van der Waals surface area (Å²) in [6.45, 7) is 5.27. The van der Waals surface area contributed by atoms with E-state index in [1.165, 1.54) is 4.31 Å². The van der Waals surface area contributed by atoms with E-state index < -0.39 is 10.0 Å². The van der Waals surface area contributed by atoms with Crippen molar-refractivity contribution in [3.05, 3.63) is 28.7 Å². The summed E-state index contributed by atoms with van der Waals surface area (Å²) in [5.74, 6) is 0.0179. The molecule has 0 radical (unpaired) electrons. The van der Waals surface area contributed by atoms with E-state index in [9.17, 15) is 13.2 Å². The lowest BCUT2D eigenvalue weighted by Crippen LogP contribution is -2.51. The summed E-state index contributed by atoms with van der Waals surface area (Å²) in [4.78, 5) is 13.9. The SMILES string of the molecule is CC(C)C(=O)N1CCN(S(=O)(=O)c2ccccc2Br)CC1. The molecule has 1 amide bonds. The Bertz CT molecular complexity index is 623. The molecular formula is C14H19BrN2O3S. The van der Waals surface area contributed by atoms with Crippen LogP contribution in [-0.2, 0) is 14.8 Å². The first-order chi connectivity index (χ1) is 9.84. The molecule has 1 aromatic carbocycles. The van der Waals surface area contributed by atoms with Gasteiger partial charge in [0, 0.05) is 36.6 Å². The molecule has 116 valence electrons. The van der Waals surface area contributed by atoms with Crippen LogP contribution in [0.3, 0.4) is 0 Å². The zero-order chi connectivity index (χ0) is 15.6. The molecule has 0 saturated carbocycles. The molecule has 0 spiro atoms. The van der Waals surface area contributed by atoms with E-state index in [-0.39, 0.29) is 16.7 Å². The highest BCUT2D eigenvalue weighted by Crippen LogP contribution is 2.25. The average molecular weight is 375 g/mol. The normalized spacial score (nSPS) is 17.2. The highest BCUT2D eigenvalue weighted by molar-refractivity contribution is 9.10. The Labute approximate surface area is 134 Å². The third-order valence-electron chi connectivity index (χ3n) is 3.50. The van der Waals surface area contributed by atoms with Crippen LogP contribution in [0.4, 0.5) is 0 Å². The van der Waals surface area contributed by atoms with Gasteiger partial charge in [-0.25, -0.2) is 8.42 Å². The lowest BCUT2D eigenvalue weighted by atomic mass is 10.2. The van der Waals surface area contributed by atoms with Gasteiger partial charge in [-0.15, -0.1) is 0 Å². The van der Waals surface area contributed by atoms with Gasteiger partial charge in [-0.2, -0.15) is 4.31 Å². The largest absolute Gasteiger partial charge is 0.340 e. The first kappa shape index (κ1) is 16.5. The number of hydrogen-bond donors (Lipinski definition) is 0. The molecule has 0 aromatic heterocycles. The van der Waals surface area contributed by atoms with Crippen molar-refractivity contribution in [2.75, 3.05) is 26.2 Å². The molecule has 5 nitrogen and oxygen atoms in total. The summed E-state index contributed by atoms with van der Waals surface area (Å²) in [5.41, 5.74) is 0. The monoisotopic (exact) mass is 374 g/mol. The number of rotatable bonds is 3. The zero-order valence-electron chi connectivity index (χ0n) is 12.1. The summed E-state index contributed by atoms with van der Waals surface area (Å²) < 4.78 is 27.2. The number of sulfonamides is 1. The highest BCUT2D eigenvalue weighted by Gasteiger charge is 2.31. The van der Waals surface area contributed by atoms with Crippen LogP contribution in [0.5, 0.6) is 0 Å². The number of halogens is 1. The van der Waals surface area contributed by atoms with E-state index in [1.807, 2.05) is 13.8 Å². The number of piperazine rings is 1. The van der Waals surface area contributed by atoms with Gasteiger partial charge in [0.1, 0.15) is 0 Å². The fraction of sp³-hybridized carbons (Fsp3) is 0.500. The second-order valence-corrected chi connectivity index (χ2v) is 8.08. The van der Waals surface area contributed by atoms with E-state index in [0.717, 1.165) is 0 Å². The van der Waals surface area contributed by atoms with Crippen molar-refractivity contribution >= 4 is 31.9 Å². The summed E-state index contributed by atoms with van der Waals surface area (Å²) in [6, 6.07) is 6.79. The van der Waals surface area contributed by atoms with Crippen molar-refractivity contribution in [3.63, 3.8) is 0 Å². The molecule has 1 aliphatic rings. The van der Waals surface area contributed by atoms with Gasteiger partial charge < -0.3 is 4.90 Å². The van der Waals surface area contributed by atoms with Crippen molar-refractivity contribution in [1.29, 1.82) is 0 Å². The minimum absolute atomic E-state index is 0.0589. The van der Waals surface area contributed by atoms with E-state index in [1.54, 1.807) is 29.2 Å². The predicted octanol–water partition coefficient (Wildman–Crippen LogP) is 1.94. The van der Waals surface area contributed by atoms with Gasteiger partial charge >= 0.3 is 0 Å². The van der Waals surface area contributed by atoms with E-state index in [2.05, 4.69) is 15.9 Å². The van der Waals surface area contributed by atoms with Crippen LogP contribution in [-0.4, -0.2) is 49.7 Å². The minimum Gasteiger partial charge on any atom is -0.340 e. The Balaban J connectivity index is 2.12. The number of benzene rings is 1. The van der Waals surface area contributed by atoms with Crippen LogP contribution < -0.4 is 0 Å². The third-order valence-corrected chi connectivity index (χ3v) is 6.41. The second kappa shape index (κ2) is 6.46. The van der Waals surface area contributed by atoms with Crippen LogP contribution in [0.25, 0.3) is 0 Å². The van der Waals surface area contributed by atoms with E-state index >= 15 is 0 Å². The maximum absolute atomic E-state index is 12.6. The molecular weight excluding hydrogens is 356 g/mol. The summed E-state index contributed by atoms with van der Waals surface area (Å²) in [6.07, 6.45) is 0. The minimum atomic E-state index is -3.51. The molecule has 2 rings (SSSR count). The second-order valence-electron chi connectivity index (χ2n) is 5.31. The van der Waals surface area contributed by atoms with Crippen LogP contribution in [0, 0.1) is 5.92 Å². The van der Waals surface area contributed by atoms with Crippen LogP contribution in [0.1, 0.15) is 13.8 Å². The highest BCUT2D eigenvalue weighted by atomic mass is 79.9. The number of amides is 1. The molecule has 1 aliphatic heterocycles. The van der Waals surface area contributed by atoms with Crippen molar-refractivity contribution in [2.45, 2.75) is 18.7 Å². The average Bonchev–Trinajstić information content (AvgIpc) is 2.46. The Hall–Kier alpha value is -0.920. The van der Waals surface area contributed by atoms with Gasteiger partial charge in [-0.1, -0.05) is 26.0 Å². The van der Waals surface area contributed by atoms with Gasteiger partial charge in [0.25, 0.3) is 0 Å². The summed E-state index contributed by atoms with van der Waals surface area (Å²) in [5, 5.41) is 0. The van der Waals surface area contributed by atoms with E-state index in [0.29, 0.717) is 30.7 Å². The first-order valence-corrected chi connectivity index (χ1v) is 9.11. The number of carbonyl (C=O) groups excluding carboxylic acids is 1. The van der Waals surface area contributed by atoms with Crippen LogP contribution in [0.2, 0.25) is 0 Å². The van der Waals surface area contributed by atoms with Crippen molar-refractivity contribution < 1.29 is 13.2 Å². The number of carbonyl (C=O) groups is 1. The third kappa shape index (κ3) is 3.46. The lowest BCUT2D eigenvalue weighted by Gasteiger charge is -2.35. The summed E-state index contributed by atoms with van der Waals surface area (Å²) in [7, 11) is -3.51. The molecule has 1 fully saturated rings. The Morgan fingerprint density at radius 3 is 2.24 bits per heavy atom. The molecule has 0 N–H and O–H groups in total. The summed E-state index contributed by atoms with van der Waals surface area (Å²) >= 11 is 3.28. The fourth-order valence-corrected chi connectivity index (χ4v) is 4.69. The van der Waals surface area contributed by atoms with Gasteiger partial charge in [0.05, 0.1) is 4.90 Å². The molecule has 21 heavy (non-hydrogen) atoms. The van der Waals surface area contributed by atoms with Gasteiger partial charge in [-0.05, 0) is 28.1 Å². The Morgan fingerprint density at radius 2 is 1.71 bits per heavy atom.